The Hall–Kier alpha value is -2.19. The van der Waals surface area contributed by atoms with Crippen molar-refractivity contribution in [3.05, 3.63) is 60.2 Å². The average molecular weight is 404 g/mol. The molecule has 0 unspecified atom stereocenters. The van der Waals surface area contributed by atoms with Crippen LogP contribution >= 0.6 is 0 Å². The molecule has 28 heavy (non-hydrogen) atoms. The molecule has 2 aromatic rings. The smallest absolute Gasteiger partial charge is 0.410 e. The number of ether oxygens (including phenoxy) is 1. The molecule has 1 N–H and O–H groups in total. The zero-order chi connectivity index (χ0) is 20.2. The van der Waals surface area contributed by atoms with E-state index in [1.54, 1.807) is 12.1 Å². The van der Waals surface area contributed by atoms with Crippen LogP contribution in [0.25, 0.3) is 0 Å². The fourth-order valence-corrected chi connectivity index (χ4v) is 5.39. The fourth-order valence-electron chi connectivity index (χ4n) is 2.79. The van der Waals surface area contributed by atoms with Crippen LogP contribution in [-0.4, -0.2) is 34.7 Å². The predicted molar refractivity (Wildman–Crippen MR) is 112 cm³/mol. The Bertz CT molecular complexity index is 691. The number of carbonyl (C=O) groups excluding carboxylic acids is 1. The minimum atomic E-state index is -2.65. The van der Waals surface area contributed by atoms with Gasteiger partial charge in [0.15, 0.2) is 0 Å². The minimum Gasteiger partial charge on any atom is -0.410 e. The van der Waals surface area contributed by atoms with Gasteiger partial charge in [0.1, 0.15) is 5.75 Å². The number of aryl methyl sites for hydroxylation is 1. The van der Waals surface area contributed by atoms with E-state index in [0.717, 1.165) is 12.0 Å². The third kappa shape index (κ3) is 7.08. The third-order valence-corrected chi connectivity index (χ3v) is 7.01. The number of anilines is 1. The van der Waals surface area contributed by atoms with Crippen molar-refractivity contribution >= 4 is 20.6 Å². The first-order valence-corrected chi connectivity index (χ1v) is 11.6. The minimum absolute atomic E-state index is 0.501. The zero-order valence-corrected chi connectivity index (χ0v) is 17.8. The van der Waals surface area contributed by atoms with E-state index in [0.29, 0.717) is 37.3 Å². The molecule has 1 amide bonds. The number of rotatable bonds is 11. The molecule has 0 heterocycles. The van der Waals surface area contributed by atoms with Crippen LogP contribution in [-0.2, 0) is 19.7 Å². The molecule has 0 bridgehead atoms. The first kappa shape index (κ1) is 22.1. The van der Waals surface area contributed by atoms with Gasteiger partial charge < -0.3 is 18.0 Å². The Morgan fingerprint density at radius 1 is 0.857 bits per heavy atom. The van der Waals surface area contributed by atoms with Crippen LogP contribution in [0.5, 0.6) is 5.75 Å². The molecule has 0 saturated carbocycles. The van der Waals surface area contributed by atoms with E-state index in [1.807, 2.05) is 63.2 Å². The SMILES string of the molecule is CCO[Si](CCc1ccc(NC(=O)Oc2ccccc2)cc1)(OCC)OCC. The van der Waals surface area contributed by atoms with E-state index in [-0.39, 0.29) is 0 Å². The normalized spacial score (nSPS) is 11.2. The Balaban J connectivity index is 1.91. The molecular formula is C21H29NO5Si. The maximum absolute atomic E-state index is 12.0. The molecule has 0 atom stereocenters. The van der Waals surface area contributed by atoms with Crippen LogP contribution in [0.2, 0.25) is 6.04 Å². The second-order valence-electron chi connectivity index (χ2n) is 6.01. The quantitative estimate of drug-likeness (QED) is 0.541. The van der Waals surface area contributed by atoms with E-state index in [9.17, 15) is 4.79 Å². The van der Waals surface area contributed by atoms with Crippen LogP contribution in [0.4, 0.5) is 10.5 Å². The van der Waals surface area contributed by atoms with E-state index >= 15 is 0 Å². The number of para-hydroxylation sites is 1. The van der Waals surface area contributed by atoms with Gasteiger partial charge in [-0.1, -0.05) is 30.3 Å². The van der Waals surface area contributed by atoms with Gasteiger partial charge in [0.05, 0.1) is 0 Å². The van der Waals surface area contributed by atoms with E-state index < -0.39 is 14.9 Å². The highest BCUT2D eigenvalue weighted by Gasteiger charge is 2.39. The summed E-state index contributed by atoms with van der Waals surface area (Å²) in [4.78, 5) is 12.0. The van der Waals surface area contributed by atoms with Crippen molar-refractivity contribution in [2.24, 2.45) is 0 Å². The summed E-state index contributed by atoms with van der Waals surface area (Å²) in [5.41, 5.74) is 1.80. The van der Waals surface area contributed by atoms with Crippen molar-refractivity contribution < 1.29 is 22.8 Å². The average Bonchev–Trinajstić information content (AvgIpc) is 2.69. The van der Waals surface area contributed by atoms with Crippen LogP contribution in [0.15, 0.2) is 54.6 Å². The molecular weight excluding hydrogens is 374 g/mol. The van der Waals surface area contributed by atoms with Crippen molar-refractivity contribution in [2.45, 2.75) is 33.2 Å². The monoisotopic (exact) mass is 403 g/mol. The maximum Gasteiger partial charge on any atom is 0.501 e. The van der Waals surface area contributed by atoms with Gasteiger partial charge in [-0.25, -0.2) is 4.79 Å². The molecule has 0 saturated heterocycles. The van der Waals surface area contributed by atoms with Crippen LogP contribution < -0.4 is 10.1 Å². The second kappa shape index (κ2) is 11.6. The van der Waals surface area contributed by atoms with Gasteiger partial charge in [0.2, 0.25) is 0 Å². The van der Waals surface area contributed by atoms with E-state index in [2.05, 4.69) is 5.32 Å². The number of nitrogens with one attached hydrogen (secondary N) is 1. The summed E-state index contributed by atoms with van der Waals surface area (Å²) in [7, 11) is -2.65. The molecule has 0 aliphatic carbocycles. The molecule has 2 rings (SSSR count). The zero-order valence-electron chi connectivity index (χ0n) is 16.8. The summed E-state index contributed by atoms with van der Waals surface area (Å²) in [6.45, 7) is 7.56. The van der Waals surface area contributed by atoms with Crippen LogP contribution in [0.3, 0.4) is 0 Å². The molecule has 7 heteroatoms. The lowest BCUT2D eigenvalue weighted by Gasteiger charge is -2.28. The standard InChI is InChI=1S/C21H29NO5Si/c1-4-24-28(25-5-2,26-6-3)17-16-18-12-14-19(15-13-18)22-21(23)27-20-10-8-7-9-11-20/h7-15H,4-6,16-17H2,1-3H3,(H,22,23). The van der Waals surface area contributed by atoms with Gasteiger partial charge in [0, 0.05) is 31.6 Å². The van der Waals surface area contributed by atoms with Crippen molar-refractivity contribution in [2.75, 3.05) is 25.1 Å². The lowest BCUT2D eigenvalue weighted by molar-refractivity contribution is 0.0714. The number of carbonyl (C=O) groups is 1. The van der Waals surface area contributed by atoms with Crippen molar-refractivity contribution in [3.8, 4) is 5.75 Å². The molecule has 0 radical (unpaired) electrons. The van der Waals surface area contributed by atoms with Gasteiger partial charge >= 0.3 is 14.9 Å². The molecule has 0 aliphatic heterocycles. The highest BCUT2D eigenvalue weighted by atomic mass is 28.4. The molecule has 152 valence electrons. The summed E-state index contributed by atoms with van der Waals surface area (Å²) in [6, 6.07) is 17.3. The summed E-state index contributed by atoms with van der Waals surface area (Å²) in [5.74, 6) is 0.501. The summed E-state index contributed by atoms with van der Waals surface area (Å²) in [6.07, 6.45) is 0.260. The van der Waals surface area contributed by atoms with Crippen molar-refractivity contribution in [3.63, 3.8) is 0 Å². The maximum atomic E-state index is 12.0. The Kier molecular flexibility index (Phi) is 9.16. The Morgan fingerprint density at radius 3 is 1.96 bits per heavy atom. The first-order valence-electron chi connectivity index (χ1n) is 9.65. The summed E-state index contributed by atoms with van der Waals surface area (Å²) >= 11 is 0. The number of amides is 1. The van der Waals surface area contributed by atoms with Gasteiger partial charge in [-0.05, 0) is 57.0 Å². The molecule has 0 fully saturated rings. The largest absolute Gasteiger partial charge is 0.501 e. The summed E-state index contributed by atoms with van der Waals surface area (Å²) < 4.78 is 22.9. The molecule has 0 spiro atoms. The van der Waals surface area contributed by atoms with Gasteiger partial charge in [-0.3, -0.25) is 5.32 Å². The van der Waals surface area contributed by atoms with Crippen LogP contribution in [0.1, 0.15) is 26.3 Å². The van der Waals surface area contributed by atoms with Gasteiger partial charge in [0.25, 0.3) is 0 Å². The second-order valence-corrected chi connectivity index (χ2v) is 8.74. The topological polar surface area (TPSA) is 66.0 Å². The van der Waals surface area contributed by atoms with Gasteiger partial charge in [-0.15, -0.1) is 0 Å². The number of benzene rings is 2. The number of hydrogen-bond donors (Lipinski definition) is 1. The lowest BCUT2D eigenvalue weighted by Crippen LogP contribution is -2.46. The lowest BCUT2D eigenvalue weighted by atomic mass is 10.1. The van der Waals surface area contributed by atoms with E-state index in [1.165, 1.54) is 0 Å². The van der Waals surface area contributed by atoms with Crippen LogP contribution in [0, 0.1) is 0 Å². The first-order chi connectivity index (χ1) is 13.6. The third-order valence-electron chi connectivity index (χ3n) is 3.97. The highest BCUT2D eigenvalue weighted by Crippen LogP contribution is 2.20. The summed E-state index contributed by atoms with van der Waals surface area (Å²) in [5, 5.41) is 2.72. The fraction of sp³-hybridized carbons (Fsp3) is 0.381. The molecule has 2 aromatic carbocycles. The van der Waals surface area contributed by atoms with Crippen molar-refractivity contribution in [1.29, 1.82) is 0 Å². The predicted octanol–water partition coefficient (Wildman–Crippen LogP) is 4.89. The number of hydrogen-bond acceptors (Lipinski definition) is 5. The molecule has 0 aromatic heterocycles. The van der Waals surface area contributed by atoms with Gasteiger partial charge in [-0.2, -0.15) is 0 Å². The molecule has 6 nitrogen and oxygen atoms in total. The van der Waals surface area contributed by atoms with E-state index in [4.69, 9.17) is 18.0 Å². The Morgan fingerprint density at radius 2 is 1.43 bits per heavy atom. The van der Waals surface area contributed by atoms with Crippen molar-refractivity contribution in [1.82, 2.24) is 0 Å². The Labute approximate surface area is 168 Å². The molecule has 0 aliphatic rings. The highest BCUT2D eigenvalue weighted by molar-refractivity contribution is 6.60.